The van der Waals surface area contributed by atoms with E-state index in [9.17, 15) is 4.79 Å². The number of carbonyl (C=O) groups is 1. The molecule has 2 heterocycles. The number of para-hydroxylation sites is 1. The van der Waals surface area contributed by atoms with E-state index in [4.69, 9.17) is 4.74 Å². The normalized spacial score (nSPS) is 20.1. The molecule has 4 rings (SSSR count). The molecule has 2 aliphatic rings. The highest BCUT2D eigenvalue weighted by molar-refractivity contribution is 5.92. The first-order chi connectivity index (χ1) is 13.8. The summed E-state index contributed by atoms with van der Waals surface area (Å²) in [5.74, 6) is 0.0412. The van der Waals surface area contributed by atoms with Crippen molar-refractivity contribution in [2.45, 2.75) is 12.5 Å². The van der Waals surface area contributed by atoms with Gasteiger partial charge in [-0.25, -0.2) is 0 Å². The van der Waals surface area contributed by atoms with Crippen LogP contribution >= 0.6 is 0 Å². The van der Waals surface area contributed by atoms with Crippen LogP contribution in [0.4, 0.5) is 17.1 Å². The minimum absolute atomic E-state index is 0.0412. The molecule has 2 aliphatic heterocycles. The van der Waals surface area contributed by atoms with Gasteiger partial charge in [0.05, 0.1) is 19.8 Å². The van der Waals surface area contributed by atoms with Gasteiger partial charge in [0.2, 0.25) is 5.91 Å². The van der Waals surface area contributed by atoms with Crippen LogP contribution in [0.2, 0.25) is 0 Å². The fraction of sp³-hybridized carbons (Fsp3) is 0.409. The Bertz CT molecular complexity index is 760. The van der Waals surface area contributed by atoms with Gasteiger partial charge >= 0.3 is 0 Å². The fourth-order valence-electron chi connectivity index (χ4n) is 3.84. The van der Waals surface area contributed by atoms with E-state index in [1.165, 1.54) is 5.69 Å². The maximum absolute atomic E-state index is 12.4. The summed E-state index contributed by atoms with van der Waals surface area (Å²) in [6.07, 6.45) is 1.05. The van der Waals surface area contributed by atoms with Crippen molar-refractivity contribution in [2.75, 3.05) is 61.5 Å². The second-order valence-corrected chi connectivity index (χ2v) is 7.43. The third-order valence-electron chi connectivity index (χ3n) is 5.31. The molecule has 0 spiro atoms. The van der Waals surface area contributed by atoms with Gasteiger partial charge in [0, 0.05) is 49.3 Å². The molecule has 2 aromatic carbocycles. The molecule has 1 atom stereocenters. The van der Waals surface area contributed by atoms with E-state index in [0.717, 1.165) is 57.2 Å². The molecule has 6 heteroatoms. The third kappa shape index (κ3) is 5.03. The van der Waals surface area contributed by atoms with Crippen molar-refractivity contribution in [1.82, 2.24) is 4.90 Å². The molecule has 28 heavy (non-hydrogen) atoms. The Morgan fingerprint density at radius 3 is 2.46 bits per heavy atom. The number of nitrogens with zero attached hydrogens (tertiary/aromatic N) is 2. The number of amides is 1. The summed E-state index contributed by atoms with van der Waals surface area (Å²) >= 11 is 0. The Balaban J connectivity index is 1.23. The summed E-state index contributed by atoms with van der Waals surface area (Å²) in [4.78, 5) is 16.9. The third-order valence-corrected chi connectivity index (χ3v) is 5.31. The largest absolute Gasteiger partial charge is 0.381 e. The SMILES string of the molecule is O=C(CN1CC[C@@H](Nc2ccccc2)C1)Nc1ccc(N2CCOCC2)cc1. The van der Waals surface area contributed by atoms with Crippen LogP contribution in [0.15, 0.2) is 54.6 Å². The first-order valence-electron chi connectivity index (χ1n) is 10.0. The molecule has 0 unspecified atom stereocenters. The molecule has 0 radical (unpaired) electrons. The molecule has 1 amide bonds. The number of hydrogen-bond acceptors (Lipinski definition) is 5. The van der Waals surface area contributed by atoms with E-state index in [-0.39, 0.29) is 5.91 Å². The number of morpholine rings is 1. The van der Waals surface area contributed by atoms with Crippen LogP contribution in [-0.2, 0) is 9.53 Å². The first-order valence-corrected chi connectivity index (χ1v) is 10.0. The molecular weight excluding hydrogens is 352 g/mol. The van der Waals surface area contributed by atoms with E-state index in [0.29, 0.717) is 12.6 Å². The monoisotopic (exact) mass is 380 g/mol. The number of ether oxygens (including phenoxy) is 1. The minimum atomic E-state index is 0.0412. The van der Waals surface area contributed by atoms with Crippen LogP contribution in [0.3, 0.4) is 0 Å². The lowest BCUT2D eigenvalue weighted by molar-refractivity contribution is -0.117. The highest BCUT2D eigenvalue weighted by atomic mass is 16.5. The number of nitrogens with one attached hydrogen (secondary N) is 2. The second-order valence-electron chi connectivity index (χ2n) is 7.43. The number of hydrogen-bond donors (Lipinski definition) is 2. The summed E-state index contributed by atoms with van der Waals surface area (Å²) in [7, 11) is 0. The maximum Gasteiger partial charge on any atom is 0.238 e. The quantitative estimate of drug-likeness (QED) is 0.807. The lowest BCUT2D eigenvalue weighted by atomic mass is 10.2. The lowest BCUT2D eigenvalue weighted by Crippen LogP contribution is -2.36. The number of benzene rings is 2. The van der Waals surface area contributed by atoms with Crippen LogP contribution in [0.5, 0.6) is 0 Å². The predicted molar refractivity (Wildman–Crippen MR) is 113 cm³/mol. The van der Waals surface area contributed by atoms with Gasteiger partial charge in [-0.05, 0) is 42.8 Å². The molecule has 2 N–H and O–H groups in total. The maximum atomic E-state index is 12.4. The van der Waals surface area contributed by atoms with Crippen LogP contribution in [0, 0.1) is 0 Å². The smallest absolute Gasteiger partial charge is 0.238 e. The standard InChI is InChI=1S/C22H28N4O2/c27-22(17-25-11-10-20(16-25)23-18-4-2-1-3-5-18)24-19-6-8-21(9-7-19)26-12-14-28-15-13-26/h1-9,20,23H,10-17H2,(H,24,27)/t20-/m1/s1. The molecular formula is C22H28N4O2. The van der Waals surface area contributed by atoms with Gasteiger partial charge in [-0.1, -0.05) is 18.2 Å². The van der Waals surface area contributed by atoms with Gasteiger partial charge in [0.15, 0.2) is 0 Å². The lowest BCUT2D eigenvalue weighted by Gasteiger charge is -2.28. The number of likely N-dealkylation sites (tertiary alicyclic amines) is 1. The topological polar surface area (TPSA) is 56.8 Å². The molecule has 2 fully saturated rings. The summed E-state index contributed by atoms with van der Waals surface area (Å²) in [5.41, 5.74) is 3.16. The molecule has 0 bridgehead atoms. The fourth-order valence-corrected chi connectivity index (χ4v) is 3.84. The zero-order valence-electron chi connectivity index (χ0n) is 16.1. The zero-order chi connectivity index (χ0) is 19.2. The van der Waals surface area contributed by atoms with Crippen molar-refractivity contribution in [2.24, 2.45) is 0 Å². The molecule has 148 valence electrons. The van der Waals surface area contributed by atoms with Crippen molar-refractivity contribution < 1.29 is 9.53 Å². The number of carbonyl (C=O) groups excluding carboxylic acids is 1. The van der Waals surface area contributed by atoms with Gasteiger partial charge in [-0.2, -0.15) is 0 Å². The molecule has 0 aliphatic carbocycles. The van der Waals surface area contributed by atoms with Crippen molar-refractivity contribution in [1.29, 1.82) is 0 Å². The average Bonchev–Trinajstić information content (AvgIpc) is 3.16. The van der Waals surface area contributed by atoms with Gasteiger partial charge < -0.3 is 20.3 Å². The molecule has 6 nitrogen and oxygen atoms in total. The van der Waals surface area contributed by atoms with E-state index in [1.54, 1.807) is 0 Å². The van der Waals surface area contributed by atoms with E-state index < -0.39 is 0 Å². The Morgan fingerprint density at radius 2 is 1.71 bits per heavy atom. The number of rotatable bonds is 6. The van der Waals surface area contributed by atoms with Crippen molar-refractivity contribution in [3.05, 3.63) is 54.6 Å². The van der Waals surface area contributed by atoms with Gasteiger partial charge in [0.1, 0.15) is 0 Å². The highest BCUT2D eigenvalue weighted by Gasteiger charge is 2.24. The van der Waals surface area contributed by atoms with Crippen molar-refractivity contribution in [3.8, 4) is 0 Å². The van der Waals surface area contributed by atoms with E-state index in [1.807, 2.05) is 30.3 Å². The Hall–Kier alpha value is -2.57. The summed E-state index contributed by atoms with van der Waals surface area (Å²) in [6.45, 7) is 5.63. The Kier molecular flexibility index (Phi) is 6.09. The molecule has 0 saturated carbocycles. The predicted octanol–water partition coefficient (Wildman–Crippen LogP) is 2.65. The zero-order valence-corrected chi connectivity index (χ0v) is 16.1. The Labute approximate surface area is 166 Å². The summed E-state index contributed by atoms with van der Waals surface area (Å²) in [5, 5.41) is 6.56. The van der Waals surface area contributed by atoms with Crippen molar-refractivity contribution >= 4 is 23.0 Å². The van der Waals surface area contributed by atoms with Crippen LogP contribution < -0.4 is 15.5 Å². The van der Waals surface area contributed by atoms with Crippen molar-refractivity contribution in [3.63, 3.8) is 0 Å². The first kappa shape index (κ1) is 18.8. The Morgan fingerprint density at radius 1 is 0.964 bits per heavy atom. The number of anilines is 3. The van der Waals surface area contributed by atoms with E-state index >= 15 is 0 Å². The summed E-state index contributed by atoms with van der Waals surface area (Å²) < 4.78 is 5.39. The van der Waals surface area contributed by atoms with Crippen LogP contribution in [-0.4, -0.2) is 62.8 Å². The van der Waals surface area contributed by atoms with Crippen LogP contribution in [0.25, 0.3) is 0 Å². The molecule has 2 aromatic rings. The molecule has 0 aromatic heterocycles. The van der Waals surface area contributed by atoms with Gasteiger partial charge in [0.25, 0.3) is 0 Å². The molecule has 2 saturated heterocycles. The summed E-state index contributed by atoms with van der Waals surface area (Å²) in [6, 6.07) is 18.7. The highest BCUT2D eigenvalue weighted by Crippen LogP contribution is 2.19. The second kappa shape index (κ2) is 9.08. The van der Waals surface area contributed by atoms with Gasteiger partial charge in [-0.15, -0.1) is 0 Å². The van der Waals surface area contributed by atoms with Crippen LogP contribution in [0.1, 0.15) is 6.42 Å². The van der Waals surface area contributed by atoms with Gasteiger partial charge in [-0.3, -0.25) is 9.69 Å². The average molecular weight is 380 g/mol. The minimum Gasteiger partial charge on any atom is -0.381 e. The van der Waals surface area contributed by atoms with E-state index in [2.05, 4.69) is 44.7 Å².